The Labute approximate surface area is 153 Å². The predicted molar refractivity (Wildman–Crippen MR) is 106 cm³/mol. The zero-order valence-corrected chi connectivity index (χ0v) is 15.9. The summed E-state index contributed by atoms with van der Waals surface area (Å²) < 4.78 is 5.61. The molecule has 0 radical (unpaired) electrons. The molecule has 0 atom stereocenters. The van der Waals surface area contributed by atoms with E-state index in [0.29, 0.717) is 0 Å². The molecule has 1 N–H and O–H groups in total. The summed E-state index contributed by atoms with van der Waals surface area (Å²) in [5.74, 6) is 1.70. The number of fused-ring (bicyclic) bond motifs is 1. The molecule has 0 unspecified atom stereocenters. The molecule has 5 heteroatoms. The number of hydrogen-bond acceptors (Lipinski definition) is 5. The second kappa shape index (κ2) is 8.41. The van der Waals surface area contributed by atoms with Crippen molar-refractivity contribution in [3.8, 4) is 11.4 Å². The zero-order chi connectivity index (χ0) is 17.6. The van der Waals surface area contributed by atoms with E-state index in [-0.39, 0.29) is 6.10 Å². The fourth-order valence-corrected chi connectivity index (χ4v) is 3.56. The number of nitrogens with one attached hydrogen (secondary N) is 1. The highest BCUT2D eigenvalue weighted by Gasteiger charge is 2.12. The summed E-state index contributed by atoms with van der Waals surface area (Å²) in [5, 5.41) is 4.60. The van der Waals surface area contributed by atoms with Gasteiger partial charge >= 0.3 is 0 Å². The van der Waals surface area contributed by atoms with Crippen LogP contribution in [-0.4, -0.2) is 29.2 Å². The molecule has 0 saturated heterocycles. The Bertz CT molecular complexity index is 814. The summed E-state index contributed by atoms with van der Waals surface area (Å²) in [4.78, 5) is 12.0. The molecule has 0 bridgehead atoms. The minimum atomic E-state index is 0.277. The number of hydrogen-bond donors (Lipinski definition) is 1. The van der Waals surface area contributed by atoms with Crippen molar-refractivity contribution in [3.05, 3.63) is 41.3 Å². The first-order valence-electron chi connectivity index (χ1n) is 8.88. The number of anilines is 1. The smallest absolute Gasteiger partial charge is 0.163 e. The maximum atomic E-state index is 5.61. The van der Waals surface area contributed by atoms with Gasteiger partial charge in [0.1, 0.15) is 10.6 Å². The van der Waals surface area contributed by atoms with Crippen LogP contribution in [0.4, 0.5) is 5.82 Å². The number of thiophene rings is 1. The minimum Gasteiger partial charge on any atom is -0.379 e. The number of rotatable bonds is 8. The van der Waals surface area contributed by atoms with Gasteiger partial charge in [-0.25, -0.2) is 9.97 Å². The van der Waals surface area contributed by atoms with Crippen LogP contribution in [0.5, 0.6) is 0 Å². The van der Waals surface area contributed by atoms with Crippen molar-refractivity contribution < 1.29 is 4.74 Å². The summed E-state index contributed by atoms with van der Waals surface area (Å²) >= 11 is 1.75. The highest BCUT2D eigenvalue weighted by Crippen LogP contribution is 2.31. The molecule has 132 valence electrons. The van der Waals surface area contributed by atoms with Gasteiger partial charge in [0.15, 0.2) is 5.82 Å². The largest absolute Gasteiger partial charge is 0.379 e. The van der Waals surface area contributed by atoms with E-state index >= 15 is 0 Å². The zero-order valence-electron chi connectivity index (χ0n) is 15.1. The fourth-order valence-electron chi connectivity index (χ4n) is 2.59. The van der Waals surface area contributed by atoms with Gasteiger partial charge < -0.3 is 10.1 Å². The molecular weight excluding hydrogens is 330 g/mol. The van der Waals surface area contributed by atoms with E-state index in [1.165, 1.54) is 4.88 Å². The van der Waals surface area contributed by atoms with Gasteiger partial charge in [-0.15, -0.1) is 11.3 Å². The van der Waals surface area contributed by atoms with Gasteiger partial charge in [-0.05, 0) is 32.8 Å². The van der Waals surface area contributed by atoms with E-state index in [4.69, 9.17) is 14.7 Å². The van der Waals surface area contributed by atoms with Crippen molar-refractivity contribution in [3.63, 3.8) is 0 Å². The molecular formula is C20H25N3OS. The summed E-state index contributed by atoms with van der Waals surface area (Å²) in [6, 6.07) is 12.4. The van der Waals surface area contributed by atoms with Crippen molar-refractivity contribution in [1.29, 1.82) is 0 Å². The Kier molecular flexibility index (Phi) is 6.00. The molecule has 2 aromatic heterocycles. The first kappa shape index (κ1) is 17.8. The molecule has 0 fully saturated rings. The van der Waals surface area contributed by atoms with Crippen LogP contribution < -0.4 is 5.32 Å². The van der Waals surface area contributed by atoms with Gasteiger partial charge in [0, 0.05) is 23.6 Å². The first-order valence-corrected chi connectivity index (χ1v) is 9.70. The maximum absolute atomic E-state index is 5.61. The lowest BCUT2D eigenvalue weighted by Crippen LogP contribution is -2.10. The maximum Gasteiger partial charge on any atom is 0.163 e. The Morgan fingerprint density at radius 1 is 1.16 bits per heavy atom. The molecule has 2 heterocycles. The van der Waals surface area contributed by atoms with Crippen molar-refractivity contribution in [2.45, 2.75) is 39.7 Å². The van der Waals surface area contributed by atoms with E-state index < -0.39 is 0 Å². The normalized spacial score (nSPS) is 11.4. The average Bonchev–Trinajstić information content (AvgIpc) is 3.05. The number of benzene rings is 1. The molecule has 1 aromatic carbocycles. The van der Waals surface area contributed by atoms with Crippen molar-refractivity contribution >= 4 is 27.4 Å². The van der Waals surface area contributed by atoms with E-state index in [9.17, 15) is 0 Å². The van der Waals surface area contributed by atoms with Crippen molar-refractivity contribution in [1.82, 2.24) is 9.97 Å². The van der Waals surface area contributed by atoms with E-state index in [0.717, 1.165) is 53.4 Å². The third-order valence-corrected chi connectivity index (χ3v) is 5.06. The second-order valence-electron chi connectivity index (χ2n) is 6.25. The Morgan fingerprint density at radius 2 is 1.96 bits per heavy atom. The Hall–Kier alpha value is -1.98. The molecule has 0 amide bonds. The van der Waals surface area contributed by atoms with Gasteiger partial charge in [-0.2, -0.15) is 0 Å². The molecule has 0 spiro atoms. The highest BCUT2D eigenvalue weighted by molar-refractivity contribution is 7.18. The van der Waals surface area contributed by atoms with Gasteiger partial charge in [0.25, 0.3) is 0 Å². The summed E-state index contributed by atoms with van der Waals surface area (Å²) in [6.45, 7) is 7.89. The lowest BCUT2D eigenvalue weighted by molar-refractivity contribution is 0.0787. The summed E-state index contributed by atoms with van der Waals surface area (Å²) in [6.07, 6.45) is 2.25. The van der Waals surface area contributed by atoms with E-state index in [1.54, 1.807) is 11.3 Å². The number of aromatic nitrogens is 2. The molecule has 0 aliphatic rings. The van der Waals surface area contributed by atoms with Crippen LogP contribution in [0.25, 0.3) is 21.6 Å². The van der Waals surface area contributed by atoms with Gasteiger partial charge in [0.2, 0.25) is 0 Å². The van der Waals surface area contributed by atoms with Crippen LogP contribution in [0.2, 0.25) is 0 Å². The van der Waals surface area contributed by atoms with Gasteiger partial charge in [0.05, 0.1) is 11.5 Å². The third kappa shape index (κ3) is 4.55. The molecule has 4 nitrogen and oxygen atoms in total. The Balaban J connectivity index is 1.85. The van der Waals surface area contributed by atoms with E-state index in [1.807, 2.05) is 18.2 Å². The lowest BCUT2D eigenvalue weighted by atomic mass is 10.2. The van der Waals surface area contributed by atoms with Gasteiger partial charge in [-0.3, -0.25) is 0 Å². The minimum absolute atomic E-state index is 0.277. The fraction of sp³-hybridized carbons (Fsp3) is 0.400. The third-order valence-electron chi connectivity index (χ3n) is 3.89. The van der Waals surface area contributed by atoms with Crippen LogP contribution >= 0.6 is 11.3 Å². The van der Waals surface area contributed by atoms with Crippen LogP contribution in [-0.2, 0) is 11.2 Å². The monoisotopic (exact) mass is 355 g/mol. The standard InChI is InChI=1S/C20H25N3OS/c1-4-16-13-17-19(21-11-8-12-24-14(2)3)22-18(23-20(17)25-16)15-9-6-5-7-10-15/h5-7,9-10,13-14H,4,8,11-12H2,1-3H3,(H,21,22,23). The quantitative estimate of drug-likeness (QED) is 0.568. The van der Waals surface area contributed by atoms with Crippen LogP contribution in [0.15, 0.2) is 36.4 Å². The first-order chi connectivity index (χ1) is 12.2. The molecule has 3 aromatic rings. The molecule has 0 aliphatic carbocycles. The lowest BCUT2D eigenvalue weighted by Gasteiger charge is -2.10. The molecule has 0 aliphatic heterocycles. The topological polar surface area (TPSA) is 47.0 Å². The van der Waals surface area contributed by atoms with Crippen LogP contribution in [0.3, 0.4) is 0 Å². The van der Waals surface area contributed by atoms with Crippen LogP contribution in [0.1, 0.15) is 32.1 Å². The summed E-state index contributed by atoms with van der Waals surface area (Å²) in [5.41, 5.74) is 1.04. The number of nitrogens with zero attached hydrogens (tertiary/aromatic N) is 2. The second-order valence-corrected chi connectivity index (χ2v) is 7.36. The Morgan fingerprint density at radius 3 is 2.68 bits per heavy atom. The number of ether oxygens (including phenoxy) is 1. The molecule has 25 heavy (non-hydrogen) atoms. The van der Waals surface area contributed by atoms with Crippen LogP contribution in [0, 0.1) is 0 Å². The average molecular weight is 356 g/mol. The van der Waals surface area contributed by atoms with E-state index in [2.05, 4.69) is 44.3 Å². The molecule has 0 saturated carbocycles. The summed E-state index contributed by atoms with van der Waals surface area (Å²) in [7, 11) is 0. The van der Waals surface area contributed by atoms with Crippen molar-refractivity contribution in [2.24, 2.45) is 0 Å². The predicted octanol–water partition coefficient (Wildman–Crippen LogP) is 5.15. The highest BCUT2D eigenvalue weighted by atomic mass is 32.1. The van der Waals surface area contributed by atoms with Gasteiger partial charge in [-0.1, -0.05) is 37.3 Å². The number of aryl methyl sites for hydroxylation is 1. The molecule has 3 rings (SSSR count). The van der Waals surface area contributed by atoms with Crippen molar-refractivity contribution in [2.75, 3.05) is 18.5 Å². The SMILES string of the molecule is CCc1cc2c(NCCCOC(C)C)nc(-c3ccccc3)nc2s1.